The number of nitrogens with two attached hydrogens (primary N) is 1. The second kappa shape index (κ2) is 8.74. The molecule has 6 rings (SSSR count). The number of rotatable bonds is 6. The highest BCUT2D eigenvalue weighted by Crippen LogP contribution is 2.38. The number of imide groups is 1. The Morgan fingerprint density at radius 2 is 1.63 bits per heavy atom. The Balaban J connectivity index is 1.44. The Labute approximate surface area is 203 Å². The normalized spacial score (nSPS) is 17.1. The van der Waals surface area contributed by atoms with Gasteiger partial charge in [0.05, 0.1) is 16.7 Å². The largest absolute Gasteiger partial charge is 0.399 e. The van der Waals surface area contributed by atoms with Crippen LogP contribution in [0.3, 0.4) is 0 Å². The number of hydrogen-bond acceptors (Lipinski definition) is 4. The molecule has 2 aliphatic heterocycles. The highest BCUT2D eigenvalue weighted by atomic mass is 16.2. The fraction of sp³-hybridized carbons (Fsp3) is 0.286. The van der Waals surface area contributed by atoms with Crippen LogP contribution in [0.5, 0.6) is 0 Å². The average molecular weight is 468 g/mol. The summed E-state index contributed by atoms with van der Waals surface area (Å²) in [5, 5.41) is 4.37. The molecule has 0 atom stereocenters. The van der Waals surface area contributed by atoms with Gasteiger partial charge in [-0.15, -0.1) is 0 Å². The van der Waals surface area contributed by atoms with Gasteiger partial charge in [0.2, 0.25) is 0 Å². The predicted molar refractivity (Wildman–Crippen MR) is 140 cm³/mol. The molecule has 4 aromatic rings. The lowest BCUT2D eigenvalue weighted by Gasteiger charge is -2.26. The van der Waals surface area contributed by atoms with Crippen molar-refractivity contribution in [3.63, 3.8) is 0 Å². The molecule has 1 saturated heterocycles. The second-order valence-electron chi connectivity index (χ2n) is 9.55. The molecular weight excluding hydrogens is 438 g/mol. The summed E-state index contributed by atoms with van der Waals surface area (Å²) >= 11 is 0. The maximum Gasteiger partial charge on any atom is 0.259 e. The lowest BCUT2D eigenvalue weighted by atomic mass is 9.95. The summed E-state index contributed by atoms with van der Waals surface area (Å²) in [6.45, 7) is 4.23. The maximum atomic E-state index is 13.1. The average Bonchev–Trinajstić information content (AvgIpc) is 3.52. The topological polar surface area (TPSA) is 96.1 Å². The number of piperidine rings is 1. The van der Waals surface area contributed by atoms with Crippen LogP contribution in [-0.4, -0.2) is 45.9 Å². The van der Waals surface area contributed by atoms with E-state index in [0.29, 0.717) is 16.8 Å². The SMILES string of the molecule is Nc1ccc2c(C3=C(c4c[nH]c5ccccc45)C(=O)NC3=O)cn(CCCN3CCCCC3)c2c1. The van der Waals surface area contributed by atoms with Gasteiger partial charge >= 0.3 is 0 Å². The number of hydrogen-bond donors (Lipinski definition) is 3. The smallest absolute Gasteiger partial charge is 0.259 e. The Hall–Kier alpha value is -3.84. The molecule has 2 aromatic carbocycles. The van der Waals surface area contributed by atoms with Crippen LogP contribution < -0.4 is 11.1 Å². The lowest BCUT2D eigenvalue weighted by molar-refractivity contribution is -0.122. The summed E-state index contributed by atoms with van der Waals surface area (Å²) in [5.74, 6) is -0.726. The molecule has 0 radical (unpaired) electrons. The van der Waals surface area contributed by atoms with Gasteiger partial charge in [-0.1, -0.05) is 30.7 Å². The lowest BCUT2D eigenvalue weighted by Crippen LogP contribution is -2.31. The van der Waals surface area contributed by atoms with E-state index in [1.807, 2.05) is 54.9 Å². The number of anilines is 1. The maximum absolute atomic E-state index is 13.1. The Bertz CT molecular complexity index is 1490. The molecule has 0 bridgehead atoms. The molecular formula is C28H29N5O2. The van der Waals surface area contributed by atoms with Gasteiger partial charge in [0.15, 0.2) is 0 Å². The molecule has 0 aliphatic carbocycles. The number of carbonyl (C=O) groups is 2. The van der Waals surface area contributed by atoms with Crippen LogP contribution in [0.4, 0.5) is 5.69 Å². The van der Waals surface area contributed by atoms with E-state index >= 15 is 0 Å². The first-order chi connectivity index (χ1) is 17.1. The summed E-state index contributed by atoms with van der Waals surface area (Å²) in [6.07, 6.45) is 8.73. The minimum absolute atomic E-state index is 0.362. The van der Waals surface area contributed by atoms with E-state index in [9.17, 15) is 9.59 Å². The molecule has 4 N–H and O–H groups in total. The number of nitrogens with zero attached hydrogens (tertiary/aromatic N) is 2. The highest BCUT2D eigenvalue weighted by Gasteiger charge is 2.35. The number of fused-ring (bicyclic) bond motifs is 2. The zero-order valence-corrected chi connectivity index (χ0v) is 19.6. The second-order valence-corrected chi connectivity index (χ2v) is 9.55. The van der Waals surface area contributed by atoms with Gasteiger partial charge in [-0.25, -0.2) is 0 Å². The number of aryl methyl sites for hydroxylation is 1. The van der Waals surface area contributed by atoms with Crippen molar-refractivity contribution in [2.24, 2.45) is 0 Å². The van der Waals surface area contributed by atoms with Crippen LogP contribution in [0.1, 0.15) is 36.8 Å². The molecule has 0 unspecified atom stereocenters. The number of likely N-dealkylation sites (tertiary alicyclic amines) is 1. The number of amides is 2. The zero-order valence-electron chi connectivity index (χ0n) is 19.6. The van der Waals surface area contributed by atoms with Crippen molar-refractivity contribution in [2.45, 2.75) is 32.2 Å². The molecule has 4 heterocycles. The summed E-state index contributed by atoms with van der Waals surface area (Å²) in [4.78, 5) is 31.9. The van der Waals surface area contributed by atoms with Crippen LogP contribution in [0, 0.1) is 0 Å². The predicted octanol–water partition coefficient (Wildman–Crippen LogP) is 4.15. The van der Waals surface area contributed by atoms with Crippen molar-refractivity contribution in [2.75, 3.05) is 25.4 Å². The zero-order chi connectivity index (χ0) is 23.9. The van der Waals surface area contributed by atoms with Crippen LogP contribution in [-0.2, 0) is 16.1 Å². The van der Waals surface area contributed by atoms with E-state index in [1.54, 1.807) is 0 Å². The van der Waals surface area contributed by atoms with Crippen LogP contribution in [0.25, 0.3) is 33.0 Å². The summed E-state index contributed by atoms with van der Waals surface area (Å²) in [6, 6.07) is 13.6. The number of H-pyrrole nitrogens is 1. The molecule has 1 fully saturated rings. The number of nitrogens with one attached hydrogen (secondary N) is 2. The van der Waals surface area contributed by atoms with Gasteiger partial charge in [-0.3, -0.25) is 14.9 Å². The molecule has 178 valence electrons. The van der Waals surface area contributed by atoms with E-state index < -0.39 is 0 Å². The third-order valence-electron chi connectivity index (χ3n) is 7.29. The molecule has 7 nitrogen and oxygen atoms in total. The minimum atomic E-state index is -0.365. The first kappa shape index (κ1) is 21.7. The highest BCUT2D eigenvalue weighted by molar-refractivity contribution is 6.50. The van der Waals surface area contributed by atoms with Crippen molar-refractivity contribution in [1.29, 1.82) is 0 Å². The quantitative estimate of drug-likeness (QED) is 0.293. The van der Waals surface area contributed by atoms with E-state index in [1.165, 1.54) is 32.4 Å². The van der Waals surface area contributed by atoms with Gasteiger partial charge < -0.3 is 20.2 Å². The van der Waals surface area contributed by atoms with E-state index in [4.69, 9.17) is 5.73 Å². The van der Waals surface area contributed by atoms with Gasteiger partial charge in [0.1, 0.15) is 0 Å². The molecule has 2 aliphatic rings. The molecule has 0 spiro atoms. The molecule has 35 heavy (non-hydrogen) atoms. The van der Waals surface area contributed by atoms with Crippen molar-refractivity contribution < 1.29 is 9.59 Å². The van der Waals surface area contributed by atoms with Crippen molar-refractivity contribution in [3.8, 4) is 0 Å². The summed E-state index contributed by atoms with van der Waals surface area (Å²) in [7, 11) is 0. The van der Waals surface area contributed by atoms with Gasteiger partial charge in [-0.05, 0) is 57.1 Å². The van der Waals surface area contributed by atoms with Crippen molar-refractivity contribution >= 4 is 50.5 Å². The molecule has 7 heteroatoms. The van der Waals surface area contributed by atoms with Gasteiger partial charge in [-0.2, -0.15) is 0 Å². The Morgan fingerprint density at radius 1 is 0.857 bits per heavy atom. The summed E-state index contributed by atoms with van der Waals surface area (Å²) in [5.41, 5.74) is 11.1. The third kappa shape index (κ3) is 3.82. The van der Waals surface area contributed by atoms with Crippen LogP contribution >= 0.6 is 0 Å². The Morgan fingerprint density at radius 3 is 2.46 bits per heavy atom. The monoisotopic (exact) mass is 467 g/mol. The third-order valence-corrected chi connectivity index (χ3v) is 7.29. The standard InChI is InChI=1S/C28H29N5O2/c29-18-9-10-20-22(17-33(24(20)15-18)14-6-13-32-11-4-1-5-12-32)26-25(27(34)31-28(26)35)21-16-30-23-8-3-2-7-19(21)23/h2-3,7-10,15-17,30H,1,4-6,11-14,29H2,(H,31,34,35). The van der Waals surface area contributed by atoms with E-state index in [-0.39, 0.29) is 11.8 Å². The van der Waals surface area contributed by atoms with Crippen molar-refractivity contribution in [1.82, 2.24) is 19.8 Å². The van der Waals surface area contributed by atoms with Crippen molar-refractivity contribution in [3.05, 3.63) is 66.0 Å². The van der Waals surface area contributed by atoms with E-state index in [2.05, 4.69) is 19.8 Å². The number of benzene rings is 2. The van der Waals surface area contributed by atoms with Crippen LogP contribution in [0.15, 0.2) is 54.9 Å². The number of nitrogen functional groups attached to an aromatic ring is 1. The Kier molecular flexibility index (Phi) is 5.41. The molecule has 0 saturated carbocycles. The fourth-order valence-corrected chi connectivity index (χ4v) is 5.59. The van der Waals surface area contributed by atoms with Crippen LogP contribution in [0.2, 0.25) is 0 Å². The summed E-state index contributed by atoms with van der Waals surface area (Å²) < 4.78 is 2.18. The van der Waals surface area contributed by atoms with Gasteiger partial charge in [0, 0.05) is 52.0 Å². The number of aromatic nitrogens is 2. The first-order valence-electron chi connectivity index (χ1n) is 12.4. The number of para-hydroxylation sites is 1. The fourth-order valence-electron chi connectivity index (χ4n) is 5.59. The first-order valence-corrected chi connectivity index (χ1v) is 12.4. The van der Waals surface area contributed by atoms with Gasteiger partial charge in [0.25, 0.3) is 11.8 Å². The number of aromatic amines is 1. The van der Waals surface area contributed by atoms with E-state index in [0.717, 1.165) is 52.4 Å². The molecule has 2 amide bonds. The number of carbonyl (C=O) groups excluding carboxylic acids is 2. The minimum Gasteiger partial charge on any atom is -0.399 e. The molecule has 2 aromatic heterocycles.